The monoisotopic (exact) mass is 487 g/mol. The molecule has 4 rings (SSSR count). The molecule has 3 heterocycles. The number of carbonyl (C=O) groups excluding carboxylic acids is 1. The van der Waals surface area contributed by atoms with Crippen LogP contribution in [0.5, 0.6) is 0 Å². The van der Waals surface area contributed by atoms with Gasteiger partial charge >= 0.3 is 0 Å². The molecule has 0 unspecified atom stereocenters. The molecule has 2 aromatic rings. The normalized spacial score (nSPS) is 18.8. The van der Waals surface area contributed by atoms with Crippen molar-refractivity contribution in [2.45, 2.75) is 64.1 Å². The second-order valence-corrected chi connectivity index (χ2v) is 11.7. The number of carbonyl (C=O) groups is 1. The van der Waals surface area contributed by atoms with Crippen LogP contribution in [0, 0.1) is 19.8 Å². The third-order valence-corrected chi connectivity index (χ3v) is 8.83. The maximum Gasteiger partial charge on any atom is 0.262 e. The lowest BCUT2D eigenvalue weighted by atomic mass is 9.96. The fraction of sp³-hybridized carbons (Fsp3) is 0.600. The van der Waals surface area contributed by atoms with E-state index in [0.717, 1.165) is 51.7 Å². The summed E-state index contributed by atoms with van der Waals surface area (Å²) >= 11 is 0. The number of hydrogen-bond acceptors (Lipinski definition) is 5. The van der Waals surface area contributed by atoms with Crippen LogP contribution in [0.2, 0.25) is 0 Å². The van der Waals surface area contributed by atoms with Crippen LogP contribution in [-0.4, -0.2) is 65.8 Å². The fourth-order valence-electron chi connectivity index (χ4n) is 4.84. The summed E-state index contributed by atoms with van der Waals surface area (Å²) in [6.07, 6.45) is 7.85. The van der Waals surface area contributed by atoms with Crippen LogP contribution in [0.1, 0.15) is 48.8 Å². The standard InChI is InChI=1S/C25H37N5O3S/c1-20-6-7-21(2)23(14-20)16-28-12-8-22(9-13-28)15-26-24(31)17-29-18-25(27-19-29)34(32,33)30-10-4-3-5-11-30/h6-7,14,18-19,22H,3-5,8-13,15-17H2,1-2H3,(H,26,31). The molecule has 0 spiro atoms. The molecule has 0 saturated carbocycles. The SMILES string of the molecule is Cc1ccc(C)c(CN2CCC(CNC(=O)Cn3cnc(S(=O)(=O)N4CCCCC4)c3)CC2)c1. The average molecular weight is 488 g/mol. The lowest BCUT2D eigenvalue weighted by Crippen LogP contribution is -2.39. The summed E-state index contributed by atoms with van der Waals surface area (Å²) in [7, 11) is -3.57. The average Bonchev–Trinajstić information content (AvgIpc) is 3.31. The first kappa shape index (κ1) is 24.9. The van der Waals surface area contributed by atoms with Crippen molar-refractivity contribution < 1.29 is 13.2 Å². The van der Waals surface area contributed by atoms with Crippen LogP contribution < -0.4 is 5.32 Å². The zero-order valence-corrected chi connectivity index (χ0v) is 21.2. The van der Waals surface area contributed by atoms with E-state index in [1.165, 1.54) is 33.5 Å². The van der Waals surface area contributed by atoms with Gasteiger partial charge in [0.05, 0.1) is 6.33 Å². The number of amides is 1. The molecule has 1 aromatic heterocycles. The van der Waals surface area contributed by atoms with E-state index in [2.05, 4.69) is 47.2 Å². The molecule has 2 fully saturated rings. The third kappa shape index (κ3) is 6.25. The summed E-state index contributed by atoms with van der Waals surface area (Å²) in [5, 5.41) is 3.05. The van der Waals surface area contributed by atoms with Crippen molar-refractivity contribution in [2.75, 3.05) is 32.7 Å². The number of hydrogen-bond donors (Lipinski definition) is 1. The van der Waals surface area contributed by atoms with Gasteiger partial charge in [0.1, 0.15) is 6.54 Å². The molecule has 1 aromatic carbocycles. The van der Waals surface area contributed by atoms with Crippen LogP contribution in [0.4, 0.5) is 0 Å². The van der Waals surface area contributed by atoms with E-state index in [9.17, 15) is 13.2 Å². The summed E-state index contributed by atoms with van der Waals surface area (Å²) in [5.74, 6) is 0.355. The van der Waals surface area contributed by atoms with Crippen LogP contribution >= 0.6 is 0 Å². The first-order valence-electron chi connectivity index (χ1n) is 12.4. The van der Waals surface area contributed by atoms with Crippen molar-refractivity contribution in [3.63, 3.8) is 0 Å². The maximum atomic E-state index is 12.7. The highest BCUT2D eigenvalue weighted by molar-refractivity contribution is 7.89. The number of nitrogens with zero attached hydrogens (tertiary/aromatic N) is 4. The zero-order chi connectivity index (χ0) is 24.1. The van der Waals surface area contributed by atoms with E-state index in [1.54, 1.807) is 4.57 Å². The molecule has 9 heteroatoms. The molecule has 1 N–H and O–H groups in total. The lowest BCUT2D eigenvalue weighted by Gasteiger charge is -2.32. The van der Waals surface area contributed by atoms with Crippen molar-refractivity contribution in [3.8, 4) is 0 Å². The number of aryl methyl sites for hydroxylation is 2. The molecule has 0 aliphatic carbocycles. The molecular weight excluding hydrogens is 450 g/mol. The van der Waals surface area contributed by atoms with Crippen LogP contribution in [0.25, 0.3) is 0 Å². The summed E-state index contributed by atoms with van der Waals surface area (Å²) in [6.45, 7) is 9.17. The predicted molar refractivity (Wildman–Crippen MR) is 132 cm³/mol. The number of benzene rings is 1. The van der Waals surface area contributed by atoms with E-state index < -0.39 is 10.0 Å². The molecule has 1 amide bonds. The molecule has 2 saturated heterocycles. The van der Waals surface area contributed by atoms with Gasteiger partial charge in [-0.25, -0.2) is 13.4 Å². The second kappa shape index (κ2) is 11.0. The van der Waals surface area contributed by atoms with Crippen molar-refractivity contribution in [1.29, 1.82) is 0 Å². The molecule has 34 heavy (non-hydrogen) atoms. The second-order valence-electron chi connectivity index (χ2n) is 9.80. The number of likely N-dealkylation sites (tertiary alicyclic amines) is 1. The van der Waals surface area contributed by atoms with Gasteiger partial charge in [-0.05, 0) is 69.7 Å². The van der Waals surface area contributed by atoms with Crippen molar-refractivity contribution in [2.24, 2.45) is 5.92 Å². The molecule has 0 bridgehead atoms. The molecule has 2 aliphatic rings. The summed E-state index contributed by atoms with van der Waals surface area (Å²) in [5.41, 5.74) is 4.03. The third-order valence-electron chi connectivity index (χ3n) is 7.05. The Morgan fingerprint density at radius 3 is 2.56 bits per heavy atom. The highest BCUT2D eigenvalue weighted by Crippen LogP contribution is 2.21. The van der Waals surface area contributed by atoms with Gasteiger partial charge in [0.15, 0.2) is 5.03 Å². The van der Waals surface area contributed by atoms with Gasteiger partial charge in [-0.1, -0.05) is 30.2 Å². The van der Waals surface area contributed by atoms with E-state index in [0.29, 0.717) is 25.6 Å². The Bertz CT molecular complexity index is 1080. The van der Waals surface area contributed by atoms with Crippen molar-refractivity contribution in [3.05, 3.63) is 47.4 Å². The van der Waals surface area contributed by atoms with Gasteiger partial charge in [-0.15, -0.1) is 0 Å². The largest absolute Gasteiger partial charge is 0.354 e. The first-order chi connectivity index (χ1) is 16.3. The van der Waals surface area contributed by atoms with Gasteiger partial charge in [-0.2, -0.15) is 4.31 Å². The molecular formula is C25H37N5O3S. The van der Waals surface area contributed by atoms with E-state index in [4.69, 9.17) is 0 Å². The number of sulfonamides is 1. The van der Waals surface area contributed by atoms with E-state index in [1.807, 2.05) is 0 Å². The van der Waals surface area contributed by atoms with Crippen LogP contribution in [0.15, 0.2) is 35.7 Å². The smallest absolute Gasteiger partial charge is 0.262 e. The van der Waals surface area contributed by atoms with Crippen molar-refractivity contribution >= 4 is 15.9 Å². The fourth-order valence-corrected chi connectivity index (χ4v) is 6.29. The molecule has 0 atom stereocenters. The Morgan fingerprint density at radius 1 is 1.09 bits per heavy atom. The van der Waals surface area contributed by atoms with E-state index in [-0.39, 0.29) is 17.5 Å². The molecule has 0 radical (unpaired) electrons. The quantitative estimate of drug-likeness (QED) is 0.619. The van der Waals surface area contributed by atoms with Gasteiger partial charge < -0.3 is 9.88 Å². The van der Waals surface area contributed by atoms with Crippen LogP contribution in [-0.2, 0) is 27.9 Å². The van der Waals surface area contributed by atoms with Crippen LogP contribution in [0.3, 0.4) is 0 Å². The number of nitrogens with one attached hydrogen (secondary N) is 1. The Kier molecular flexibility index (Phi) is 8.06. The predicted octanol–water partition coefficient (Wildman–Crippen LogP) is 2.70. The lowest BCUT2D eigenvalue weighted by molar-refractivity contribution is -0.121. The Balaban J connectivity index is 1.20. The minimum atomic E-state index is -3.57. The highest BCUT2D eigenvalue weighted by atomic mass is 32.2. The topological polar surface area (TPSA) is 87.5 Å². The number of rotatable bonds is 8. The summed E-state index contributed by atoms with van der Waals surface area (Å²) in [6, 6.07) is 6.63. The molecule has 2 aliphatic heterocycles. The highest BCUT2D eigenvalue weighted by Gasteiger charge is 2.28. The van der Waals surface area contributed by atoms with Crippen molar-refractivity contribution in [1.82, 2.24) is 24.1 Å². The summed E-state index contributed by atoms with van der Waals surface area (Å²) in [4.78, 5) is 19.0. The number of aromatic nitrogens is 2. The molecule has 186 valence electrons. The Hall–Kier alpha value is -2.23. The first-order valence-corrected chi connectivity index (χ1v) is 13.8. The minimum Gasteiger partial charge on any atom is -0.354 e. The number of piperidine rings is 2. The van der Waals surface area contributed by atoms with Gasteiger partial charge in [0.25, 0.3) is 10.0 Å². The van der Waals surface area contributed by atoms with E-state index >= 15 is 0 Å². The Morgan fingerprint density at radius 2 is 1.82 bits per heavy atom. The Labute approximate surface area is 203 Å². The van der Waals surface area contributed by atoms with Gasteiger partial charge in [0.2, 0.25) is 5.91 Å². The number of imidazole rings is 1. The van der Waals surface area contributed by atoms with Gasteiger partial charge in [0, 0.05) is 32.4 Å². The summed E-state index contributed by atoms with van der Waals surface area (Å²) < 4.78 is 28.5. The minimum absolute atomic E-state index is 0.0263. The van der Waals surface area contributed by atoms with Gasteiger partial charge in [-0.3, -0.25) is 9.69 Å². The maximum absolute atomic E-state index is 12.7. The molecule has 8 nitrogen and oxygen atoms in total. The zero-order valence-electron chi connectivity index (χ0n) is 20.4.